The minimum atomic E-state index is -0.300. The lowest BCUT2D eigenvalue weighted by Gasteiger charge is -2.08. The molecule has 1 aromatic heterocycles. The number of aromatic nitrogens is 1. The van der Waals surface area contributed by atoms with Crippen molar-refractivity contribution < 1.29 is 9.32 Å². The molecule has 0 unspecified atom stereocenters. The number of halogens is 2. The molecule has 0 saturated carbocycles. The quantitative estimate of drug-likeness (QED) is 0.657. The van der Waals surface area contributed by atoms with Gasteiger partial charge in [-0.2, -0.15) is 0 Å². The molecular formula is C17H12BrClN2O2. The van der Waals surface area contributed by atoms with Gasteiger partial charge in [0.1, 0.15) is 17.0 Å². The number of nitrogens with zero attached hydrogens (tertiary/aromatic N) is 1. The van der Waals surface area contributed by atoms with E-state index in [0.717, 1.165) is 4.47 Å². The second-order valence-electron chi connectivity index (χ2n) is 4.88. The first-order valence-electron chi connectivity index (χ1n) is 6.85. The number of rotatable bonds is 3. The van der Waals surface area contributed by atoms with Gasteiger partial charge in [-0.3, -0.25) is 4.79 Å². The van der Waals surface area contributed by atoms with E-state index in [1.165, 1.54) is 0 Å². The maximum atomic E-state index is 12.7. The summed E-state index contributed by atoms with van der Waals surface area (Å²) in [5, 5.41) is 7.36. The second kappa shape index (κ2) is 6.56. The molecular weight excluding hydrogens is 380 g/mol. The van der Waals surface area contributed by atoms with Gasteiger partial charge in [0.05, 0.1) is 10.7 Å². The summed E-state index contributed by atoms with van der Waals surface area (Å²) in [5.41, 5.74) is 2.12. The Morgan fingerprint density at radius 3 is 2.61 bits per heavy atom. The molecule has 1 heterocycles. The van der Waals surface area contributed by atoms with E-state index in [2.05, 4.69) is 26.4 Å². The third-order valence-corrected chi connectivity index (χ3v) is 4.36. The van der Waals surface area contributed by atoms with Crippen LogP contribution in [0.5, 0.6) is 0 Å². The standard InChI is InChI=1S/C17H12BrClN2O2/c1-10-15(17(22)20-14-9-5-3-7-12(14)18)16(21-23-10)11-6-2-4-8-13(11)19/h2-9H,1H3,(H,20,22). The second-order valence-corrected chi connectivity index (χ2v) is 6.14. The van der Waals surface area contributed by atoms with Gasteiger partial charge in [-0.05, 0) is 41.1 Å². The molecule has 1 amide bonds. The highest BCUT2D eigenvalue weighted by molar-refractivity contribution is 9.10. The summed E-state index contributed by atoms with van der Waals surface area (Å²) in [6.07, 6.45) is 0. The lowest BCUT2D eigenvalue weighted by Crippen LogP contribution is -2.13. The average molecular weight is 392 g/mol. The molecule has 0 bridgehead atoms. The maximum Gasteiger partial charge on any atom is 0.261 e. The van der Waals surface area contributed by atoms with Crippen LogP contribution in [0.25, 0.3) is 11.3 Å². The summed E-state index contributed by atoms with van der Waals surface area (Å²) in [5.74, 6) is 0.134. The molecule has 0 atom stereocenters. The number of carbonyl (C=O) groups is 1. The molecule has 4 nitrogen and oxygen atoms in total. The minimum Gasteiger partial charge on any atom is -0.360 e. The van der Waals surface area contributed by atoms with Crippen molar-refractivity contribution in [3.05, 3.63) is 69.3 Å². The van der Waals surface area contributed by atoms with Crippen LogP contribution in [0.1, 0.15) is 16.1 Å². The minimum absolute atomic E-state index is 0.300. The van der Waals surface area contributed by atoms with Crippen molar-refractivity contribution in [2.75, 3.05) is 5.32 Å². The first kappa shape index (κ1) is 15.8. The summed E-state index contributed by atoms with van der Waals surface area (Å²) < 4.78 is 6.01. The third-order valence-electron chi connectivity index (χ3n) is 3.34. The van der Waals surface area contributed by atoms with Crippen LogP contribution in [0.15, 0.2) is 57.5 Å². The number of aryl methyl sites for hydroxylation is 1. The van der Waals surface area contributed by atoms with Crippen LogP contribution in [-0.4, -0.2) is 11.1 Å². The molecule has 0 aliphatic carbocycles. The molecule has 3 aromatic rings. The van der Waals surface area contributed by atoms with E-state index in [-0.39, 0.29) is 5.91 Å². The predicted octanol–water partition coefficient (Wildman–Crippen LogP) is 5.32. The van der Waals surface area contributed by atoms with Gasteiger partial charge in [0.25, 0.3) is 5.91 Å². The van der Waals surface area contributed by atoms with Crippen LogP contribution in [0.2, 0.25) is 5.02 Å². The van der Waals surface area contributed by atoms with E-state index >= 15 is 0 Å². The molecule has 23 heavy (non-hydrogen) atoms. The Balaban J connectivity index is 2.01. The zero-order valence-corrected chi connectivity index (χ0v) is 14.5. The van der Waals surface area contributed by atoms with E-state index in [1.54, 1.807) is 25.1 Å². The van der Waals surface area contributed by atoms with Gasteiger partial charge in [-0.1, -0.05) is 47.1 Å². The molecule has 0 fully saturated rings. The number of para-hydroxylation sites is 1. The van der Waals surface area contributed by atoms with E-state index in [1.807, 2.05) is 30.3 Å². The number of nitrogens with one attached hydrogen (secondary N) is 1. The van der Waals surface area contributed by atoms with E-state index < -0.39 is 0 Å². The van der Waals surface area contributed by atoms with Crippen molar-refractivity contribution in [1.29, 1.82) is 0 Å². The fourth-order valence-corrected chi connectivity index (χ4v) is 2.83. The number of carbonyl (C=O) groups excluding carboxylic acids is 1. The summed E-state index contributed by atoms with van der Waals surface area (Å²) in [6.45, 7) is 1.70. The summed E-state index contributed by atoms with van der Waals surface area (Å²) in [7, 11) is 0. The van der Waals surface area contributed by atoms with Crippen molar-refractivity contribution in [3.63, 3.8) is 0 Å². The molecule has 3 rings (SSSR count). The molecule has 6 heteroatoms. The third kappa shape index (κ3) is 3.16. The van der Waals surface area contributed by atoms with Crippen LogP contribution < -0.4 is 5.32 Å². The zero-order valence-electron chi connectivity index (χ0n) is 12.1. The predicted molar refractivity (Wildman–Crippen MR) is 93.8 cm³/mol. The Labute approximate surface area is 146 Å². The van der Waals surface area contributed by atoms with E-state index in [4.69, 9.17) is 16.1 Å². The van der Waals surface area contributed by atoms with Crippen LogP contribution in [0.3, 0.4) is 0 Å². The average Bonchev–Trinajstić information content (AvgIpc) is 2.91. The van der Waals surface area contributed by atoms with Crippen molar-refractivity contribution in [2.45, 2.75) is 6.92 Å². The fourth-order valence-electron chi connectivity index (χ4n) is 2.22. The lowest BCUT2D eigenvalue weighted by molar-refractivity contribution is 0.102. The van der Waals surface area contributed by atoms with Crippen molar-refractivity contribution >= 4 is 39.1 Å². The fraction of sp³-hybridized carbons (Fsp3) is 0.0588. The molecule has 116 valence electrons. The van der Waals surface area contributed by atoms with Crippen LogP contribution in [0.4, 0.5) is 5.69 Å². The normalized spacial score (nSPS) is 10.6. The Bertz CT molecular complexity index is 877. The summed E-state index contributed by atoms with van der Waals surface area (Å²) in [6, 6.07) is 14.6. The van der Waals surface area contributed by atoms with E-state index in [0.29, 0.717) is 33.3 Å². The van der Waals surface area contributed by atoms with Crippen molar-refractivity contribution in [2.24, 2.45) is 0 Å². The van der Waals surface area contributed by atoms with Crippen molar-refractivity contribution in [3.8, 4) is 11.3 Å². The topological polar surface area (TPSA) is 55.1 Å². The maximum absolute atomic E-state index is 12.7. The summed E-state index contributed by atoms with van der Waals surface area (Å²) in [4.78, 5) is 12.7. The first-order valence-corrected chi connectivity index (χ1v) is 8.02. The Morgan fingerprint density at radius 2 is 1.87 bits per heavy atom. The molecule has 0 aliphatic heterocycles. The van der Waals surface area contributed by atoms with E-state index in [9.17, 15) is 4.79 Å². The SMILES string of the molecule is Cc1onc(-c2ccccc2Cl)c1C(=O)Nc1ccccc1Br. The summed E-state index contributed by atoms with van der Waals surface area (Å²) >= 11 is 9.62. The van der Waals surface area contributed by atoms with Gasteiger partial charge in [0.2, 0.25) is 0 Å². The van der Waals surface area contributed by atoms with Crippen LogP contribution in [0, 0.1) is 6.92 Å². The zero-order chi connectivity index (χ0) is 16.4. The number of hydrogen-bond donors (Lipinski definition) is 1. The smallest absolute Gasteiger partial charge is 0.261 e. The number of hydrogen-bond acceptors (Lipinski definition) is 3. The molecule has 0 radical (unpaired) electrons. The molecule has 1 N–H and O–H groups in total. The largest absolute Gasteiger partial charge is 0.360 e. The van der Waals surface area contributed by atoms with Gasteiger partial charge in [-0.15, -0.1) is 0 Å². The van der Waals surface area contributed by atoms with Gasteiger partial charge in [0, 0.05) is 10.0 Å². The van der Waals surface area contributed by atoms with Crippen LogP contribution >= 0.6 is 27.5 Å². The lowest BCUT2D eigenvalue weighted by atomic mass is 10.1. The number of benzene rings is 2. The molecule has 0 saturated heterocycles. The van der Waals surface area contributed by atoms with Crippen molar-refractivity contribution in [1.82, 2.24) is 5.16 Å². The molecule has 2 aromatic carbocycles. The highest BCUT2D eigenvalue weighted by Crippen LogP contribution is 2.32. The number of anilines is 1. The van der Waals surface area contributed by atoms with Crippen LogP contribution in [-0.2, 0) is 0 Å². The van der Waals surface area contributed by atoms with Gasteiger partial charge in [0.15, 0.2) is 0 Å². The monoisotopic (exact) mass is 390 g/mol. The highest BCUT2D eigenvalue weighted by Gasteiger charge is 2.23. The molecule has 0 spiro atoms. The van der Waals surface area contributed by atoms with Gasteiger partial charge >= 0.3 is 0 Å². The van der Waals surface area contributed by atoms with Gasteiger partial charge < -0.3 is 9.84 Å². The first-order chi connectivity index (χ1) is 11.1. The number of amides is 1. The van der Waals surface area contributed by atoms with Gasteiger partial charge in [-0.25, -0.2) is 0 Å². The Kier molecular flexibility index (Phi) is 4.50. The molecule has 0 aliphatic rings. The Hall–Kier alpha value is -2.11. The Morgan fingerprint density at radius 1 is 1.17 bits per heavy atom. The highest BCUT2D eigenvalue weighted by atomic mass is 79.9.